The maximum Gasteiger partial charge on any atom is 0.273 e. The Morgan fingerprint density at radius 1 is 1.00 bits per heavy atom. The van der Waals surface area contributed by atoms with E-state index in [4.69, 9.17) is 4.42 Å². The van der Waals surface area contributed by atoms with Gasteiger partial charge in [-0.15, -0.1) is 0 Å². The van der Waals surface area contributed by atoms with Crippen molar-refractivity contribution in [3.63, 3.8) is 0 Å². The van der Waals surface area contributed by atoms with E-state index in [2.05, 4.69) is 16.2 Å². The molecule has 3 N–H and O–H groups in total. The predicted octanol–water partition coefficient (Wildman–Crippen LogP) is 3.52. The van der Waals surface area contributed by atoms with Gasteiger partial charge in [-0.05, 0) is 31.4 Å². The SMILES string of the molecule is C/C(=C/C(=O)Nc1cccc2ccccc12)NNC(=O)c1ccoc1C. The monoisotopic (exact) mass is 349 g/mol. The van der Waals surface area contributed by atoms with Crippen LogP contribution in [0.5, 0.6) is 0 Å². The van der Waals surface area contributed by atoms with Crippen molar-refractivity contribution < 1.29 is 14.0 Å². The molecule has 1 heterocycles. The summed E-state index contributed by atoms with van der Waals surface area (Å²) in [5.74, 6) is -0.0989. The average molecular weight is 349 g/mol. The summed E-state index contributed by atoms with van der Waals surface area (Å²) in [5, 5.41) is 4.87. The topological polar surface area (TPSA) is 83.4 Å². The summed E-state index contributed by atoms with van der Waals surface area (Å²) in [5.41, 5.74) is 6.90. The van der Waals surface area contributed by atoms with Crippen LogP contribution in [0.4, 0.5) is 5.69 Å². The molecule has 2 amide bonds. The number of carbonyl (C=O) groups excluding carboxylic acids is 2. The summed E-state index contributed by atoms with van der Waals surface area (Å²) in [6, 6.07) is 15.1. The fourth-order valence-corrected chi connectivity index (χ4v) is 2.58. The van der Waals surface area contributed by atoms with Crippen molar-refractivity contribution in [2.24, 2.45) is 0 Å². The molecule has 0 spiro atoms. The number of hydrogen-bond donors (Lipinski definition) is 3. The first-order valence-corrected chi connectivity index (χ1v) is 8.12. The molecule has 0 saturated carbocycles. The van der Waals surface area contributed by atoms with Gasteiger partial charge in [0, 0.05) is 22.8 Å². The number of benzene rings is 2. The number of rotatable bonds is 5. The first-order chi connectivity index (χ1) is 12.5. The third-order valence-electron chi connectivity index (χ3n) is 3.87. The lowest BCUT2D eigenvalue weighted by Crippen LogP contribution is -2.36. The van der Waals surface area contributed by atoms with E-state index in [9.17, 15) is 9.59 Å². The van der Waals surface area contributed by atoms with Crippen molar-refractivity contribution in [1.82, 2.24) is 10.9 Å². The second-order valence-corrected chi connectivity index (χ2v) is 5.81. The standard InChI is InChI=1S/C20H19N3O3/c1-13(22-23-20(25)16-10-11-26-14(16)2)12-19(24)21-18-9-5-7-15-6-3-4-8-17(15)18/h3-12,22H,1-2H3,(H,21,24)(H,23,25)/b13-12-. The molecule has 26 heavy (non-hydrogen) atoms. The number of fused-ring (bicyclic) bond motifs is 1. The number of amides is 2. The zero-order chi connectivity index (χ0) is 18.5. The first-order valence-electron chi connectivity index (χ1n) is 8.12. The van der Waals surface area contributed by atoms with E-state index in [-0.39, 0.29) is 11.8 Å². The average Bonchev–Trinajstić information content (AvgIpc) is 3.06. The van der Waals surface area contributed by atoms with Gasteiger partial charge in [-0.25, -0.2) is 0 Å². The Balaban J connectivity index is 1.63. The van der Waals surface area contributed by atoms with E-state index in [1.165, 1.54) is 12.3 Å². The van der Waals surface area contributed by atoms with E-state index in [0.29, 0.717) is 17.0 Å². The Hall–Kier alpha value is -3.54. The summed E-state index contributed by atoms with van der Waals surface area (Å²) in [6.07, 6.45) is 2.83. The van der Waals surface area contributed by atoms with E-state index in [1.807, 2.05) is 42.5 Å². The third-order valence-corrected chi connectivity index (χ3v) is 3.87. The lowest BCUT2D eigenvalue weighted by Gasteiger charge is -2.10. The van der Waals surface area contributed by atoms with Gasteiger partial charge in [0.1, 0.15) is 5.76 Å². The van der Waals surface area contributed by atoms with Crippen molar-refractivity contribution in [1.29, 1.82) is 0 Å². The minimum absolute atomic E-state index is 0.292. The van der Waals surface area contributed by atoms with Gasteiger partial charge in [0.15, 0.2) is 0 Å². The summed E-state index contributed by atoms with van der Waals surface area (Å²) >= 11 is 0. The van der Waals surface area contributed by atoms with Gasteiger partial charge in [-0.2, -0.15) is 0 Å². The molecule has 6 heteroatoms. The van der Waals surface area contributed by atoms with Gasteiger partial charge in [0.25, 0.3) is 5.91 Å². The highest BCUT2D eigenvalue weighted by Gasteiger charge is 2.11. The molecule has 0 aliphatic rings. The molecule has 1 aromatic heterocycles. The molecule has 3 rings (SSSR count). The molecule has 132 valence electrons. The number of furan rings is 1. The van der Waals surface area contributed by atoms with Crippen molar-refractivity contribution in [2.75, 3.05) is 5.32 Å². The minimum Gasteiger partial charge on any atom is -0.469 e. The summed E-state index contributed by atoms with van der Waals surface area (Å²) in [7, 11) is 0. The van der Waals surface area contributed by atoms with Crippen LogP contribution in [0.2, 0.25) is 0 Å². The Kier molecular flexibility index (Phi) is 5.03. The number of allylic oxidation sites excluding steroid dienone is 1. The molecule has 0 radical (unpaired) electrons. The largest absolute Gasteiger partial charge is 0.469 e. The van der Waals surface area contributed by atoms with Crippen LogP contribution in [0.15, 0.2) is 71.0 Å². The Bertz CT molecular complexity index is 983. The smallest absolute Gasteiger partial charge is 0.273 e. The van der Waals surface area contributed by atoms with Crippen molar-refractivity contribution in [2.45, 2.75) is 13.8 Å². The van der Waals surface area contributed by atoms with Gasteiger partial charge in [-0.3, -0.25) is 15.0 Å². The molecule has 3 aromatic rings. The van der Waals surface area contributed by atoms with E-state index in [1.54, 1.807) is 19.9 Å². The van der Waals surface area contributed by atoms with Crippen LogP contribution in [0.25, 0.3) is 10.8 Å². The van der Waals surface area contributed by atoms with Gasteiger partial charge in [-0.1, -0.05) is 36.4 Å². The number of hydrogen-bond acceptors (Lipinski definition) is 4. The predicted molar refractivity (Wildman–Crippen MR) is 100 cm³/mol. The minimum atomic E-state index is -0.335. The molecule has 0 saturated heterocycles. The second kappa shape index (κ2) is 7.57. The van der Waals surface area contributed by atoms with Crippen LogP contribution in [0.1, 0.15) is 23.0 Å². The third kappa shape index (κ3) is 3.92. The van der Waals surface area contributed by atoms with Gasteiger partial charge >= 0.3 is 0 Å². The van der Waals surface area contributed by atoms with Crippen LogP contribution < -0.4 is 16.2 Å². The fraction of sp³-hybridized carbons (Fsp3) is 0.100. The Labute approximate surface area is 150 Å². The van der Waals surface area contributed by atoms with Gasteiger partial charge < -0.3 is 15.2 Å². The zero-order valence-corrected chi connectivity index (χ0v) is 14.5. The first kappa shape index (κ1) is 17.3. The lowest BCUT2D eigenvalue weighted by molar-refractivity contribution is -0.112. The summed E-state index contributed by atoms with van der Waals surface area (Å²) < 4.78 is 5.09. The van der Waals surface area contributed by atoms with Crippen LogP contribution in [0, 0.1) is 6.92 Å². The van der Waals surface area contributed by atoms with Crippen molar-refractivity contribution >= 4 is 28.3 Å². The maximum absolute atomic E-state index is 12.2. The number of hydrazine groups is 1. The second-order valence-electron chi connectivity index (χ2n) is 5.81. The Morgan fingerprint density at radius 3 is 2.54 bits per heavy atom. The lowest BCUT2D eigenvalue weighted by atomic mass is 10.1. The molecule has 6 nitrogen and oxygen atoms in total. The zero-order valence-electron chi connectivity index (χ0n) is 14.5. The molecule has 0 fully saturated rings. The van der Waals surface area contributed by atoms with Crippen LogP contribution >= 0.6 is 0 Å². The number of carbonyl (C=O) groups is 2. The highest BCUT2D eigenvalue weighted by molar-refractivity contribution is 6.06. The normalized spacial score (nSPS) is 11.2. The molecule has 0 bridgehead atoms. The van der Waals surface area contributed by atoms with Crippen LogP contribution in [0.3, 0.4) is 0 Å². The highest BCUT2D eigenvalue weighted by atomic mass is 16.3. The fourth-order valence-electron chi connectivity index (χ4n) is 2.58. The van der Waals surface area contributed by atoms with Crippen LogP contribution in [-0.2, 0) is 4.79 Å². The molecule has 0 unspecified atom stereocenters. The maximum atomic E-state index is 12.2. The van der Waals surface area contributed by atoms with Gasteiger partial charge in [0.2, 0.25) is 5.91 Å². The number of aryl methyl sites for hydroxylation is 1. The number of nitrogens with one attached hydrogen (secondary N) is 3. The Morgan fingerprint density at radius 2 is 1.77 bits per heavy atom. The van der Waals surface area contributed by atoms with E-state index in [0.717, 1.165) is 16.5 Å². The summed E-state index contributed by atoms with van der Waals surface area (Å²) in [6.45, 7) is 3.39. The molecule has 0 aliphatic carbocycles. The van der Waals surface area contributed by atoms with Crippen LogP contribution in [-0.4, -0.2) is 11.8 Å². The van der Waals surface area contributed by atoms with Crippen molar-refractivity contribution in [3.8, 4) is 0 Å². The highest BCUT2D eigenvalue weighted by Crippen LogP contribution is 2.22. The summed E-state index contributed by atoms with van der Waals surface area (Å²) in [4.78, 5) is 24.2. The number of anilines is 1. The van der Waals surface area contributed by atoms with Gasteiger partial charge in [0.05, 0.1) is 11.8 Å². The molecular weight excluding hydrogens is 330 g/mol. The van der Waals surface area contributed by atoms with Crippen molar-refractivity contribution in [3.05, 3.63) is 77.9 Å². The molecular formula is C20H19N3O3. The van der Waals surface area contributed by atoms with E-state index >= 15 is 0 Å². The van der Waals surface area contributed by atoms with E-state index < -0.39 is 0 Å². The molecule has 0 atom stereocenters. The molecule has 2 aromatic carbocycles. The quantitative estimate of drug-likeness (QED) is 0.486. The molecule has 0 aliphatic heterocycles.